The van der Waals surface area contributed by atoms with E-state index in [9.17, 15) is 14.0 Å². The van der Waals surface area contributed by atoms with Gasteiger partial charge < -0.3 is 19.7 Å². The first-order valence-corrected chi connectivity index (χ1v) is 11.9. The van der Waals surface area contributed by atoms with Crippen molar-refractivity contribution in [2.45, 2.75) is 46.3 Å². The van der Waals surface area contributed by atoms with E-state index in [-0.39, 0.29) is 25.3 Å². The molecule has 12 heteroatoms. The van der Waals surface area contributed by atoms with E-state index in [0.29, 0.717) is 22.6 Å². The highest BCUT2D eigenvalue weighted by molar-refractivity contribution is 7.18. The molecule has 0 spiro atoms. The van der Waals surface area contributed by atoms with Crippen LogP contribution in [0.5, 0.6) is 0 Å². The van der Waals surface area contributed by atoms with Gasteiger partial charge in [0.1, 0.15) is 28.1 Å². The SMILES string of the molecule is COC(=O)[C@@H](C)CN(CCc1nc2c(NCc3ncccc3F)ncnc2s1)C(=O)OC(C)(C)C. The Hall–Kier alpha value is -3.41. The zero-order chi connectivity index (χ0) is 25.6. The second kappa shape index (κ2) is 11.3. The second-order valence-electron chi connectivity index (χ2n) is 8.87. The molecule has 188 valence electrons. The normalized spacial score (nSPS) is 12.3. The quantitative estimate of drug-likeness (QED) is 0.434. The van der Waals surface area contributed by atoms with Crippen molar-refractivity contribution in [3.63, 3.8) is 0 Å². The number of halogens is 1. The summed E-state index contributed by atoms with van der Waals surface area (Å²) < 4.78 is 24.2. The number of aromatic nitrogens is 4. The van der Waals surface area contributed by atoms with Crippen LogP contribution >= 0.6 is 11.3 Å². The molecule has 3 aromatic heterocycles. The van der Waals surface area contributed by atoms with Gasteiger partial charge in [-0.25, -0.2) is 24.1 Å². The number of anilines is 1. The molecule has 0 aromatic carbocycles. The Bertz CT molecular complexity index is 1180. The highest BCUT2D eigenvalue weighted by Gasteiger charge is 2.26. The molecule has 0 bridgehead atoms. The van der Waals surface area contributed by atoms with E-state index < -0.39 is 29.4 Å². The maximum Gasteiger partial charge on any atom is 0.410 e. The second-order valence-corrected chi connectivity index (χ2v) is 9.93. The van der Waals surface area contributed by atoms with Gasteiger partial charge in [-0.2, -0.15) is 0 Å². The molecule has 1 N–H and O–H groups in total. The van der Waals surface area contributed by atoms with Crippen LogP contribution in [0.4, 0.5) is 15.0 Å². The number of methoxy groups -OCH3 is 1. The standard InChI is InChI=1S/C23H29FN6O4S/c1-14(21(31)33-5)12-30(22(32)34-23(2,3)4)10-8-17-29-18-19(27-13-28-20(18)35-17)26-11-16-15(24)7-6-9-25-16/h6-7,9,13-14H,8,10-12H2,1-5H3,(H,26,27,28)/t14-/m0/s1. The number of carbonyl (C=O) groups is 2. The number of nitrogens with zero attached hydrogens (tertiary/aromatic N) is 5. The topological polar surface area (TPSA) is 119 Å². The van der Waals surface area contributed by atoms with E-state index in [4.69, 9.17) is 9.47 Å². The number of hydrogen-bond donors (Lipinski definition) is 1. The largest absolute Gasteiger partial charge is 0.469 e. The summed E-state index contributed by atoms with van der Waals surface area (Å²) in [7, 11) is 1.31. The average molecular weight is 505 g/mol. The van der Waals surface area contributed by atoms with Crippen molar-refractivity contribution in [2.24, 2.45) is 5.92 Å². The molecular formula is C23H29FN6O4S. The Labute approximate surface area is 206 Å². The summed E-state index contributed by atoms with van der Waals surface area (Å²) in [5.74, 6) is -0.871. The molecule has 0 unspecified atom stereocenters. The molecule has 0 radical (unpaired) electrons. The summed E-state index contributed by atoms with van der Waals surface area (Å²) in [6, 6.07) is 2.87. The molecule has 0 aliphatic rings. The molecule has 0 fully saturated rings. The van der Waals surface area contributed by atoms with Gasteiger partial charge in [-0.15, -0.1) is 0 Å². The Morgan fingerprint density at radius 3 is 2.71 bits per heavy atom. The maximum absolute atomic E-state index is 13.9. The number of esters is 1. The fraction of sp³-hybridized carbons (Fsp3) is 0.478. The minimum atomic E-state index is -0.678. The molecule has 1 atom stereocenters. The van der Waals surface area contributed by atoms with Crippen LogP contribution in [0.2, 0.25) is 0 Å². The lowest BCUT2D eigenvalue weighted by molar-refractivity contribution is -0.145. The van der Waals surface area contributed by atoms with E-state index >= 15 is 0 Å². The van der Waals surface area contributed by atoms with E-state index in [1.54, 1.807) is 27.7 Å². The van der Waals surface area contributed by atoms with Crippen molar-refractivity contribution < 1.29 is 23.5 Å². The highest BCUT2D eigenvalue weighted by atomic mass is 32.1. The fourth-order valence-corrected chi connectivity index (χ4v) is 4.06. The molecule has 3 aromatic rings. The molecule has 0 aliphatic carbocycles. The van der Waals surface area contributed by atoms with Crippen LogP contribution in [0.25, 0.3) is 10.3 Å². The number of rotatable bonds is 9. The molecule has 3 heterocycles. The highest BCUT2D eigenvalue weighted by Crippen LogP contribution is 2.25. The molecule has 0 saturated carbocycles. The Morgan fingerprint density at radius 2 is 2.03 bits per heavy atom. The Kier molecular flexibility index (Phi) is 8.49. The van der Waals surface area contributed by atoms with Gasteiger partial charge >= 0.3 is 12.1 Å². The number of thiazole rings is 1. The van der Waals surface area contributed by atoms with Crippen molar-refractivity contribution in [2.75, 3.05) is 25.5 Å². The fourth-order valence-electron chi connectivity index (χ4n) is 3.17. The molecule has 0 aliphatic heterocycles. The average Bonchev–Trinajstić information content (AvgIpc) is 3.23. The van der Waals surface area contributed by atoms with Gasteiger partial charge in [0.25, 0.3) is 0 Å². The van der Waals surface area contributed by atoms with E-state index in [2.05, 4.69) is 25.3 Å². The third kappa shape index (κ3) is 7.28. The molecule has 3 rings (SSSR count). The van der Waals surface area contributed by atoms with Gasteiger partial charge in [-0.3, -0.25) is 9.78 Å². The van der Waals surface area contributed by atoms with E-state index in [0.717, 1.165) is 5.01 Å². The van der Waals surface area contributed by atoms with Crippen LogP contribution in [-0.4, -0.2) is 62.7 Å². The minimum absolute atomic E-state index is 0.142. The summed E-state index contributed by atoms with van der Waals surface area (Å²) in [6.07, 6.45) is 2.83. The summed E-state index contributed by atoms with van der Waals surface area (Å²) >= 11 is 1.37. The molecular weight excluding hydrogens is 475 g/mol. The van der Waals surface area contributed by atoms with Gasteiger partial charge in [0.05, 0.1) is 30.3 Å². The molecule has 1 amide bonds. The lowest BCUT2D eigenvalue weighted by atomic mass is 10.1. The first-order valence-electron chi connectivity index (χ1n) is 11.1. The van der Waals surface area contributed by atoms with E-state index in [1.165, 1.54) is 48.0 Å². The van der Waals surface area contributed by atoms with Gasteiger partial charge in [0.2, 0.25) is 0 Å². The number of hydrogen-bond acceptors (Lipinski definition) is 10. The predicted octanol–water partition coefficient (Wildman–Crippen LogP) is 3.82. The van der Waals surface area contributed by atoms with Crippen LogP contribution in [0, 0.1) is 11.7 Å². The number of pyridine rings is 1. The minimum Gasteiger partial charge on any atom is -0.469 e. The number of amides is 1. The van der Waals surface area contributed by atoms with Crippen LogP contribution in [0.3, 0.4) is 0 Å². The summed E-state index contributed by atoms with van der Waals surface area (Å²) in [5.41, 5.74) is 0.140. The number of fused-ring (bicyclic) bond motifs is 1. The van der Waals surface area contributed by atoms with Gasteiger partial charge in [0.15, 0.2) is 5.82 Å². The van der Waals surface area contributed by atoms with Crippen molar-refractivity contribution in [3.8, 4) is 0 Å². The summed E-state index contributed by atoms with van der Waals surface area (Å²) in [5, 5.41) is 3.80. The van der Waals surface area contributed by atoms with Gasteiger partial charge in [-0.1, -0.05) is 18.3 Å². The zero-order valence-corrected chi connectivity index (χ0v) is 21.2. The maximum atomic E-state index is 13.9. The molecule has 0 saturated heterocycles. The molecule has 10 nitrogen and oxygen atoms in total. The van der Waals surface area contributed by atoms with Crippen LogP contribution in [0.15, 0.2) is 24.7 Å². The van der Waals surface area contributed by atoms with Crippen LogP contribution < -0.4 is 5.32 Å². The van der Waals surface area contributed by atoms with Crippen molar-refractivity contribution >= 4 is 39.6 Å². The number of ether oxygens (including phenoxy) is 2. The third-order valence-electron chi connectivity index (χ3n) is 4.84. The number of nitrogens with one attached hydrogen (secondary N) is 1. The van der Waals surface area contributed by atoms with Crippen molar-refractivity contribution in [3.05, 3.63) is 41.2 Å². The smallest absolute Gasteiger partial charge is 0.410 e. The van der Waals surface area contributed by atoms with Crippen molar-refractivity contribution in [1.82, 2.24) is 24.8 Å². The monoisotopic (exact) mass is 504 g/mol. The van der Waals surface area contributed by atoms with Crippen LogP contribution in [-0.2, 0) is 27.2 Å². The third-order valence-corrected chi connectivity index (χ3v) is 5.87. The predicted molar refractivity (Wildman–Crippen MR) is 129 cm³/mol. The first kappa shape index (κ1) is 26.2. The zero-order valence-electron chi connectivity index (χ0n) is 20.4. The molecule has 35 heavy (non-hydrogen) atoms. The summed E-state index contributed by atoms with van der Waals surface area (Å²) in [4.78, 5) is 44.0. The Balaban J connectivity index is 1.73. The van der Waals surface area contributed by atoms with Crippen LogP contribution in [0.1, 0.15) is 38.4 Å². The van der Waals surface area contributed by atoms with Crippen molar-refractivity contribution in [1.29, 1.82) is 0 Å². The van der Waals surface area contributed by atoms with Gasteiger partial charge in [0, 0.05) is 25.7 Å². The lowest BCUT2D eigenvalue weighted by Crippen LogP contribution is -2.41. The van der Waals surface area contributed by atoms with Gasteiger partial charge in [-0.05, 0) is 32.9 Å². The number of carbonyl (C=O) groups excluding carboxylic acids is 2. The summed E-state index contributed by atoms with van der Waals surface area (Å²) in [6.45, 7) is 7.61. The van der Waals surface area contributed by atoms with E-state index in [1.807, 2.05) is 0 Å². The Morgan fingerprint density at radius 1 is 1.26 bits per heavy atom. The first-order chi connectivity index (χ1) is 16.6. The lowest BCUT2D eigenvalue weighted by Gasteiger charge is -2.28.